The molecule has 2 heterocycles. The molecule has 0 aliphatic carbocycles. The molecule has 0 N–H and O–H groups in total. The van der Waals surface area contributed by atoms with Gasteiger partial charge in [0.1, 0.15) is 0 Å². The van der Waals surface area contributed by atoms with Crippen LogP contribution in [0.5, 0.6) is 0 Å². The topological polar surface area (TPSA) is 42.2 Å². The van der Waals surface area contributed by atoms with Gasteiger partial charge in [-0.05, 0) is 12.3 Å². The largest absolute Gasteiger partial charge is 0.408 e. The molecule has 0 aromatic carbocycles. The number of rotatable bonds is 4. The molecule has 1 saturated heterocycles. The van der Waals surface area contributed by atoms with Crippen molar-refractivity contribution in [2.75, 3.05) is 23.9 Å². The van der Waals surface area contributed by atoms with Crippen molar-refractivity contribution < 1.29 is 4.42 Å². The van der Waals surface area contributed by atoms with Crippen LogP contribution in [0.2, 0.25) is 0 Å². The molecule has 0 radical (unpaired) electrons. The van der Waals surface area contributed by atoms with Crippen molar-refractivity contribution in [2.45, 2.75) is 26.2 Å². The summed E-state index contributed by atoms with van der Waals surface area (Å²) < 4.78 is 5.52. The minimum Gasteiger partial charge on any atom is -0.408 e. The molecule has 4 nitrogen and oxygen atoms in total. The fourth-order valence-electron chi connectivity index (χ4n) is 1.89. The fraction of sp³-hybridized carbons (Fsp3) is 0.800. The van der Waals surface area contributed by atoms with Crippen LogP contribution in [0.25, 0.3) is 0 Å². The van der Waals surface area contributed by atoms with Crippen molar-refractivity contribution >= 4 is 17.6 Å². The van der Waals surface area contributed by atoms with Crippen LogP contribution < -0.4 is 4.90 Å². The van der Waals surface area contributed by atoms with Crippen molar-refractivity contribution in [3.63, 3.8) is 0 Å². The van der Waals surface area contributed by atoms with E-state index in [2.05, 4.69) is 22.0 Å². The standard InChI is InChI=1S/C10H16ClN3O/c1-2-8-4-6-14(7-8)10-13-12-9(15-10)3-5-11/h8H,2-7H2,1H3. The van der Waals surface area contributed by atoms with Crippen LogP contribution in [0.4, 0.5) is 6.01 Å². The Balaban J connectivity index is 1.97. The van der Waals surface area contributed by atoms with E-state index >= 15 is 0 Å². The van der Waals surface area contributed by atoms with Gasteiger partial charge in [-0.1, -0.05) is 18.4 Å². The molecule has 1 aromatic rings. The first kappa shape index (κ1) is 10.7. The van der Waals surface area contributed by atoms with Gasteiger partial charge >= 0.3 is 6.01 Å². The van der Waals surface area contributed by atoms with Crippen LogP contribution >= 0.6 is 11.6 Å². The number of anilines is 1. The zero-order valence-corrected chi connectivity index (χ0v) is 9.70. The van der Waals surface area contributed by atoms with Gasteiger partial charge in [0, 0.05) is 25.4 Å². The van der Waals surface area contributed by atoms with E-state index in [0.29, 0.717) is 24.2 Å². The van der Waals surface area contributed by atoms with Crippen molar-refractivity contribution in [1.29, 1.82) is 0 Å². The number of nitrogens with zero attached hydrogens (tertiary/aromatic N) is 3. The third-order valence-corrected chi connectivity index (χ3v) is 3.09. The lowest BCUT2D eigenvalue weighted by atomic mass is 10.1. The third kappa shape index (κ3) is 2.43. The summed E-state index contributed by atoms with van der Waals surface area (Å²) in [5.41, 5.74) is 0. The molecular formula is C10H16ClN3O. The lowest BCUT2D eigenvalue weighted by molar-refractivity contribution is 0.492. The maximum atomic E-state index is 5.61. The molecule has 2 rings (SSSR count). The first-order valence-electron chi connectivity index (χ1n) is 5.46. The number of aryl methyl sites for hydroxylation is 1. The molecule has 84 valence electrons. The van der Waals surface area contributed by atoms with E-state index in [0.717, 1.165) is 19.0 Å². The Kier molecular flexibility index (Phi) is 3.46. The van der Waals surface area contributed by atoms with E-state index < -0.39 is 0 Å². The summed E-state index contributed by atoms with van der Waals surface area (Å²) in [4.78, 5) is 2.17. The number of alkyl halides is 1. The van der Waals surface area contributed by atoms with Gasteiger partial charge in [-0.2, -0.15) is 0 Å². The van der Waals surface area contributed by atoms with Gasteiger partial charge in [0.05, 0.1) is 0 Å². The Bertz CT molecular complexity index is 315. The Morgan fingerprint density at radius 3 is 3.07 bits per heavy atom. The van der Waals surface area contributed by atoms with Gasteiger partial charge < -0.3 is 9.32 Å². The number of aromatic nitrogens is 2. The smallest absolute Gasteiger partial charge is 0.318 e. The molecule has 1 atom stereocenters. The average Bonchev–Trinajstić information content (AvgIpc) is 2.85. The lowest BCUT2D eigenvalue weighted by Crippen LogP contribution is -2.19. The second kappa shape index (κ2) is 4.84. The molecular weight excluding hydrogens is 214 g/mol. The highest BCUT2D eigenvalue weighted by molar-refractivity contribution is 6.17. The molecule has 1 unspecified atom stereocenters. The maximum absolute atomic E-state index is 5.61. The van der Waals surface area contributed by atoms with Gasteiger partial charge in [0.15, 0.2) is 0 Å². The van der Waals surface area contributed by atoms with Crippen LogP contribution in [0.1, 0.15) is 25.7 Å². The summed E-state index contributed by atoms with van der Waals surface area (Å²) in [7, 11) is 0. The minimum atomic E-state index is 0.527. The third-order valence-electron chi connectivity index (χ3n) is 2.90. The number of hydrogen-bond acceptors (Lipinski definition) is 4. The molecule has 1 aliphatic heterocycles. The highest BCUT2D eigenvalue weighted by Crippen LogP contribution is 2.24. The Hall–Kier alpha value is -0.770. The fourth-order valence-corrected chi connectivity index (χ4v) is 2.06. The summed E-state index contributed by atoms with van der Waals surface area (Å²) in [6.45, 7) is 4.29. The molecule has 0 bridgehead atoms. The van der Waals surface area contributed by atoms with Gasteiger partial charge in [-0.3, -0.25) is 0 Å². The van der Waals surface area contributed by atoms with Crippen LogP contribution in [-0.2, 0) is 6.42 Å². The van der Waals surface area contributed by atoms with Crippen LogP contribution in [0.15, 0.2) is 4.42 Å². The summed E-state index contributed by atoms with van der Waals surface area (Å²) >= 11 is 5.61. The number of halogens is 1. The molecule has 0 amide bonds. The second-order valence-electron chi connectivity index (χ2n) is 3.93. The maximum Gasteiger partial charge on any atom is 0.318 e. The Morgan fingerprint density at radius 2 is 2.40 bits per heavy atom. The quantitative estimate of drug-likeness (QED) is 0.742. The predicted octanol–water partition coefficient (Wildman–Crippen LogP) is 2.09. The Morgan fingerprint density at radius 1 is 1.53 bits per heavy atom. The first-order chi connectivity index (χ1) is 7.33. The van der Waals surface area contributed by atoms with Crippen molar-refractivity contribution in [3.05, 3.63) is 5.89 Å². The summed E-state index contributed by atoms with van der Waals surface area (Å²) in [6, 6.07) is 0.658. The van der Waals surface area contributed by atoms with Crippen LogP contribution in [-0.4, -0.2) is 29.2 Å². The molecule has 0 spiro atoms. The Labute approximate surface area is 94.6 Å². The monoisotopic (exact) mass is 229 g/mol. The second-order valence-corrected chi connectivity index (χ2v) is 4.30. The first-order valence-corrected chi connectivity index (χ1v) is 6.00. The average molecular weight is 230 g/mol. The van der Waals surface area contributed by atoms with Crippen molar-refractivity contribution in [3.8, 4) is 0 Å². The zero-order valence-electron chi connectivity index (χ0n) is 8.95. The number of hydrogen-bond donors (Lipinski definition) is 0. The molecule has 15 heavy (non-hydrogen) atoms. The van der Waals surface area contributed by atoms with Gasteiger partial charge in [0.25, 0.3) is 0 Å². The van der Waals surface area contributed by atoms with Gasteiger partial charge in [0.2, 0.25) is 5.89 Å². The molecule has 1 aromatic heterocycles. The normalized spacial score (nSPS) is 21.2. The van der Waals surface area contributed by atoms with Crippen molar-refractivity contribution in [2.24, 2.45) is 5.92 Å². The van der Waals surface area contributed by atoms with E-state index in [1.54, 1.807) is 0 Å². The van der Waals surface area contributed by atoms with Crippen LogP contribution in [0, 0.1) is 5.92 Å². The zero-order chi connectivity index (χ0) is 10.7. The molecule has 1 fully saturated rings. The van der Waals surface area contributed by atoms with E-state index in [1.807, 2.05) is 0 Å². The summed E-state index contributed by atoms with van der Waals surface area (Å²) in [6.07, 6.45) is 3.10. The summed E-state index contributed by atoms with van der Waals surface area (Å²) in [5.74, 6) is 1.94. The predicted molar refractivity (Wildman–Crippen MR) is 59.3 cm³/mol. The minimum absolute atomic E-state index is 0.527. The molecule has 5 heteroatoms. The van der Waals surface area contributed by atoms with E-state index in [9.17, 15) is 0 Å². The van der Waals surface area contributed by atoms with Crippen LogP contribution in [0.3, 0.4) is 0 Å². The molecule has 0 saturated carbocycles. The van der Waals surface area contributed by atoms with Gasteiger partial charge in [-0.15, -0.1) is 16.7 Å². The van der Waals surface area contributed by atoms with E-state index in [4.69, 9.17) is 16.0 Å². The van der Waals surface area contributed by atoms with Gasteiger partial charge in [-0.25, -0.2) is 0 Å². The van der Waals surface area contributed by atoms with Crippen molar-refractivity contribution in [1.82, 2.24) is 10.2 Å². The summed E-state index contributed by atoms with van der Waals surface area (Å²) in [5, 5.41) is 7.99. The van der Waals surface area contributed by atoms with E-state index in [1.165, 1.54) is 12.8 Å². The SMILES string of the molecule is CCC1CCN(c2nnc(CCCl)o2)C1. The highest BCUT2D eigenvalue weighted by atomic mass is 35.5. The lowest BCUT2D eigenvalue weighted by Gasteiger charge is -2.11. The highest BCUT2D eigenvalue weighted by Gasteiger charge is 2.24. The van der Waals surface area contributed by atoms with E-state index in [-0.39, 0.29) is 0 Å². The molecule has 1 aliphatic rings.